The van der Waals surface area contributed by atoms with Crippen LogP contribution in [0.3, 0.4) is 0 Å². The lowest BCUT2D eigenvalue weighted by Crippen LogP contribution is -2.47. The molecule has 27 heavy (non-hydrogen) atoms. The van der Waals surface area contributed by atoms with Gasteiger partial charge in [-0.1, -0.05) is 5.16 Å². The van der Waals surface area contributed by atoms with Crippen LogP contribution in [-0.4, -0.2) is 41.3 Å². The molecule has 1 saturated heterocycles. The number of aryl methyl sites for hydroxylation is 1. The monoisotopic (exact) mass is 369 g/mol. The van der Waals surface area contributed by atoms with Crippen LogP contribution >= 0.6 is 0 Å². The van der Waals surface area contributed by atoms with E-state index in [1.807, 2.05) is 6.92 Å². The lowest BCUT2D eigenvalue weighted by atomic mass is 10.2. The largest absolute Gasteiger partial charge is 0.393 e. The van der Waals surface area contributed by atoms with Crippen LogP contribution in [0.25, 0.3) is 0 Å². The van der Waals surface area contributed by atoms with Crippen LogP contribution in [0, 0.1) is 12.7 Å². The fourth-order valence-corrected chi connectivity index (χ4v) is 3.11. The van der Waals surface area contributed by atoms with Crippen molar-refractivity contribution < 1.29 is 8.91 Å². The first-order valence-electron chi connectivity index (χ1n) is 8.66. The summed E-state index contributed by atoms with van der Waals surface area (Å²) in [6, 6.07) is 8.32. The van der Waals surface area contributed by atoms with E-state index in [1.54, 1.807) is 18.2 Å². The number of halogens is 1. The SMILES string of the molecule is Cc1cc(Nc2ncnc(N3CCN(c4ccc(F)cc4)CC3)c2N)no1. The molecule has 140 valence electrons. The lowest BCUT2D eigenvalue weighted by Gasteiger charge is -2.37. The van der Waals surface area contributed by atoms with E-state index < -0.39 is 0 Å². The number of rotatable bonds is 4. The number of nitrogens with two attached hydrogens (primary N) is 1. The Bertz CT molecular complexity index is 920. The molecule has 3 aromatic rings. The van der Waals surface area contributed by atoms with Gasteiger partial charge in [0.25, 0.3) is 0 Å². The van der Waals surface area contributed by atoms with Gasteiger partial charge in [-0.05, 0) is 31.2 Å². The minimum Gasteiger partial charge on any atom is -0.393 e. The maximum Gasteiger partial charge on any atom is 0.175 e. The van der Waals surface area contributed by atoms with Gasteiger partial charge in [-0.25, -0.2) is 14.4 Å². The Morgan fingerprint density at radius 3 is 2.44 bits per heavy atom. The quantitative estimate of drug-likeness (QED) is 0.724. The highest BCUT2D eigenvalue weighted by atomic mass is 19.1. The maximum absolute atomic E-state index is 13.1. The molecule has 0 unspecified atom stereocenters. The molecule has 0 aliphatic carbocycles. The zero-order chi connectivity index (χ0) is 18.8. The Morgan fingerprint density at radius 1 is 1.07 bits per heavy atom. The predicted octanol–water partition coefficient (Wildman–Crippen LogP) is 2.56. The van der Waals surface area contributed by atoms with Crippen molar-refractivity contribution in [3.8, 4) is 0 Å². The standard InChI is InChI=1S/C18H20FN7O/c1-12-10-15(24-27-12)23-17-16(20)18(22-11-21-17)26-8-6-25(7-9-26)14-4-2-13(19)3-5-14/h2-5,10-11H,6-9,20H2,1H3,(H,21,22,23,24). The van der Waals surface area contributed by atoms with E-state index in [0.29, 0.717) is 28.9 Å². The normalized spacial score (nSPS) is 14.4. The number of nitrogen functional groups attached to an aromatic ring is 1. The van der Waals surface area contributed by atoms with Crippen LogP contribution in [0.15, 0.2) is 41.2 Å². The highest BCUT2D eigenvalue weighted by Gasteiger charge is 2.22. The molecule has 0 radical (unpaired) electrons. The summed E-state index contributed by atoms with van der Waals surface area (Å²) >= 11 is 0. The van der Waals surface area contributed by atoms with E-state index in [4.69, 9.17) is 10.3 Å². The first kappa shape index (κ1) is 17.1. The number of piperazine rings is 1. The van der Waals surface area contributed by atoms with Crippen molar-refractivity contribution >= 4 is 28.8 Å². The molecule has 3 N–H and O–H groups in total. The summed E-state index contributed by atoms with van der Waals surface area (Å²) in [5, 5.41) is 6.95. The van der Waals surface area contributed by atoms with E-state index in [0.717, 1.165) is 31.9 Å². The van der Waals surface area contributed by atoms with Crippen LogP contribution in [0.5, 0.6) is 0 Å². The second-order valence-electron chi connectivity index (χ2n) is 6.36. The summed E-state index contributed by atoms with van der Waals surface area (Å²) in [5.41, 5.74) is 7.76. The Hall–Kier alpha value is -3.36. The van der Waals surface area contributed by atoms with E-state index in [9.17, 15) is 4.39 Å². The second-order valence-corrected chi connectivity index (χ2v) is 6.36. The molecule has 0 bridgehead atoms. The van der Waals surface area contributed by atoms with Crippen LogP contribution in [0.4, 0.5) is 33.2 Å². The number of anilines is 5. The third-order valence-corrected chi connectivity index (χ3v) is 4.51. The number of hydrogen-bond acceptors (Lipinski definition) is 8. The summed E-state index contributed by atoms with van der Waals surface area (Å²) in [7, 11) is 0. The number of nitrogens with zero attached hydrogens (tertiary/aromatic N) is 5. The molecule has 8 nitrogen and oxygen atoms in total. The predicted molar refractivity (Wildman–Crippen MR) is 102 cm³/mol. The molecular formula is C18H20FN7O. The van der Waals surface area contributed by atoms with Crippen molar-refractivity contribution in [3.05, 3.63) is 48.2 Å². The fraction of sp³-hybridized carbons (Fsp3) is 0.278. The van der Waals surface area contributed by atoms with Crippen molar-refractivity contribution in [2.45, 2.75) is 6.92 Å². The van der Waals surface area contributed by atoms with Gasteiger partial charge in [0, 0.05) is 37.9 Å². The average Bonchev–Trinajstić information content (AvgIpc) is 3.09. The zero-order valence-corrected chi connectivity index (χ0v) is 14.9. The summed E-state index contributed by atoms with van der Waals surface area (Å²) in [6.45, 7) is 4.90. The molecule has 0 amide bonds. The Labute approximate surface area is 155 Å². The van der Waals surface area contributed by atoms with E-state index in [-0.39, 0.29) is 5.82 Å². The lowest BCUT2D eigenvalue weighted by molar-refractivity contribution is 0.400. The topological polar surface area (TPSA) is 96.3 Å². The number of aromatic nitrogens is 3. The van der Waals surface area contributed by atoms with Crippen molar-refractivity contribution in [3.63, 3.8) is 0 Å². The second kappa shape index (κ2) is 7.10. The van der Waals surface area contributed by atoms with Gasteiger partial charge in [0.05, 0.1) is 0 Å². The van der Waals surface area contributed by atoms with Crippen molar-refractivity contribution in [1.29, 1.82) is 0 Å². The minimum absolute atomic E-state index is 0.228. The number of benzene rings is 1. The van der Waals surface area contributed by atoms with Gasteiger partial charge in [0.2, 0.25) is 0 Å². The smallest absolute Gasteiger partial charge is 0.175 e. The van der Waals surface area contributed by atoms with E-state index in [1.165, 1.54) is 18.5 Å². The van der Waals surface area contributed by atoms with E-state index >= 15 is 0 Å². The van der Waals surface area contributed by atoms with Crippen LogP contribution in [0.2, 0.25) is 0 Å². The van der Waals surface area contributed by atoms with Gasteiger partial charge in [0.15, 0.2) is 17.5 Å². The molecule has 3 heterocycles. The summed E-state index contributed by atoms with van der Waals surface area (Å²) in [4.78, 5) is 12.9. The van der Waals surface area contributed by atoms with Gasteiger partial charge in [-0.3, -0.25) is 0 Å². The van der Waals surface area contributed by atoms with Gasteiger partial charge in [-0.15, -0.1) is 0 Å². The van der Waals surface area contributed by atoms with Gasteiger partial charge in [0.1, 0.15) is 23.6 Å². The van der Waals surface area contributed by atoms with Crippen molar-refractivity contribution in [1.82, 2.24) is 15.1 Å². The first-order chi connectivity index (χ1) is 13.1. The first-order valence-corrected chi connectivity index (χ1v) is 8.66. The molecule has 2 aromatic heterocycles. The van der Waals surface area contributed by atoms with Gasteiger partial charge < -0.3 is 25.4 Å². The summed E-state index contributed by atoms with van der Waals surface area (Å²) < 4.78 is 18.2. The Kier molecular flexibility index (Phi) is 4.49. The maximum atomic E-state index is 13.1. The summed E-state index contributed by atoms with van der Waals surface area (Å²) in [5.74, 6) is 2.20. The molecular weight excluding hydrogens is 349 g/mol. The van der Waals surface area contributed by atoms with Gasteiger partial charge in [-0.2, -0.15) is 0 Å². The Morgan fingerprint density at radius 2 is 1.78 bits per heavy atom. The highest BCUT2D eigenvalue weighted by molar-refractivity contribution is 5.77. The molecule has 1 aliphatic heterocycles. The van der Waals surface area contributed by atoms with Crippen LogP contribution < -0.4 is 20.9 Å². The Balaban J connectivity index is 1.46. The van der Waals surface area contributed by atoms with E-state index in [2.05, 4.69) is 30.2 Å². The minimum atomic E-state index is -0.228. The fourth-order valence-electron chi connectivity index (χ4n) is 3.11. The molecule has 4 rings (SSSR count). The molecule has 0 saturated carbocycles. The number of hydrogen-bond donors (Lipinski definition) is 2. The molecule has 1 fully saturated rings. The van der Waals surface area contributed by atoms with Crippen molar-refractivity contribution in [2.75, 3.05) is 47.0 Å². The molecule has 9 heteroatoms. The highest BCUT2D eigenvalue weighted by Crippen LogP contribution is 2.29. The average molecular weight is 369 g/mol. The van der Waals surface area contributed by atoms with Crippen LogP contribution in [0.1, 0.15) is 5.76 Å². The number of nitrogens with one attached hydrogen (secondary N) is 1. The zero-order valence-electron chi connectivity index (χ0n) is 14.9. The molecule has 0 atom stereocenters. The molecule has 1 aromatic carbocycles. The third kappa shape index (κ3) is 3.62. The van der Waals surface area contributed by atoms with Crippen molar-refractivity contribution in [2.24, 2.45) is 0 Å². The molecule has 0 spiro atoms. The van der Waals surface area contributed by atoms with Crippen LogP contribution in [-0.2, 0) is 0 Å². The van der Waals surface area contributed by atoms with Gasteiger partial charge >= 0.3 is 0 Å². The molecule has 1 aliphatic rings. The summed E-state index contributed by atoms with van der Waals surface area (Å²) in [6.07, 6.45) is 1.48. The third-order valence-electron chi connectivity index (χ3n) is 4.51.